The average Bonchev–Trinajstić information content (AvgIpc) is 2.07. The zero-order chi connectivity index (χ0) is 10.2. The lowest BCUT2D eigenvalue weighted by Gasteiger charge is -2.36. The Kier molecular flexibility index (Phi) is 2.84. The van der Waals surface area contributed by atoms with Gasteiger partial charge in [0, 0.05) is 0 Å². The molecule has 0 aromatic heterocycles. The summed E-state index contributed by atoms with van der Waals surface area (Å²) in [6, 6.07) is 0. The molecule has 5 atom stereocenters. The number of carbonyl (C=O) groups is 1. The van der Waals surface area contributed by atoms with Gasteiger partial charge in [0.15, 0.2) is 12.4 Å². The lowest BCUT2D eigenvalue weighted by atomic mass is 9.99. The fourth-order valence-electron chi connectivity index (χ4n) is 1.10. The number of ether oxygens (including phenoxy) is 1. The summed E-state index contributed by atoms with van der Waals surface area (Å²) < 4.78 is 4.46. The first-order chi connectivity index (χ1) is 5.95. The van der Waals surface area contributed by atoms with E-state index < -0.39 is 36.6 Å². The first kappa shape index (κ1) is 10.4. The van der Waals surface area contributed by atoms with Crippen LogP contribution in [0.2, 0.25) is 0 Å². The van der Waals surface area contributed by atoms with Crippen molar-refractivity contribution < 1.29 is 30.0 Å². The topological polar surface area (TPSA) is 133 Å². The third-order valence-corrected chi connectivity index (χ3v) is 1.87. The van der Waals surface area contributed by atoms with Crippen LogP contribution in [0.5, 0.6) is 0 Å². The lowest BCUT2D eigenvalue weighted by molar-refractivity contribution is -0.275. The van der Waals surface area contributed by atoms with Crippen LogP contribution in [0.15, 0.2) is 0 Å². The predicted octanol–water partition coefficient (Wildman–Crippen LogP) is -3.73. The van der Waals surface area contributed by atoms with Gasteiger partial charge in [-0.05, 0) is 0 Å². The van der Waals surface area contributed by atoms with Crippen molar-refractivity contribution in [3.63, 3.8) is 0 Å². The highest BCUT2D eigenvalue weighted by Gasteiger charge is 2.45. The van der Waals surface area contributed by atoms with Gasteiger partial charge in [-0.15, -0.1) is 0 Å². The summed E-state index contributed by atoms with van der Waals surface area (Å²) in [7, 11) is 0. The van der Waals surface area contributed by atoms with E-state index in [0.717, 1.165) is 0 Å². The van der Waals surface area contributed by atoms with Crippen LogP contribution in [-0.4, -0.2) is 57.0 Å². The molecule has 0 aliphatic carbocycles. The molecule has 1 aliphatic heterocycles. The van der Waals surface area contributed by atoms with Crippen LogP contribution < -0.4 is 5.73 Å². The van der Waals surface area contributed by atoms with Crippen LogP contribution in [0, 0.1) is 0 Å². The number of aliphatic hydroxyl groups is 4. The van der Waals surface area contributed by atoms with Crippen LogP contribution >= 0.6 is 0 Å². The second-order valence-electron chi connectivity index (χ2n) is 2.82. The van der Waals surface area contributed by atoms with Crippen LogP contribution in [0.4, 0.5) is 0 Å². The van der Waals surface area contributed by atoms with E-state index >= 15 is 0 Å². The number of hydrogen-bond acceptors (Lipinski definition) is 6. The van der Waals surface area contributed by atoms with Crippen LogP contribution in [0.25, 0.3) is 0 Å². The molecule has 1 aliphatic rings. The van der Waals surface area contributed by atoms with E-state index in [1.54, 1.807) is 0 Å². The third-order valence-electron chi connectivity index (χ3n) is 1.87. The average molecular weight is 193 g/mol. The molecular weight excluding hydrogens is 182 g/mol. The van der Waals surface area contributed by atoms with E-state index in [9.17, 15) is 4.79 Å². The van der Waals surface area contributed by atoms with Gasteiger partial charge >= 0.3 is 0 Å². The molecule has 1 saturated heterocycles. The summed E-state index contributed by atoms with van der Waals surface area (Å²) in [5, 5.41) is 36.2. The number of carbonyl (C=O) groups excluding carboxylic acids is 1. The Morgan fingerprint density at radius 3 is 2.08 bits per heavy atom. The summed E-state index contributed by atoms with van der Waals surface area (Å²) in [6.07, 6.45) is -8.16. The Labute approximate surface area is 73.4 Å². The first-order valence-corrected chi connectivity index (χ1v) is 3.62. The molecule has 1 rings (SSSR count). The van der Waals surface area contributed by atoms with E-state index in [2.05, 4.69) is 4.74 Å². The van der Waals surface area contributed by atoms with Crippen molar-refractivity contribution in [2.75, 3.05) is 0 Å². The molecule has 0 spiro atoms. The first-order valence-electron chi connectivity index (χ1n) is 3.62. The second kappa shape index (κ2) is 3.56. The molecule has 0 bridgehead atoms. The Hall–Kier alpha value is -0.730. The van der Waals surface area contributed by atoms with Crippen molar-refractivity contribution in [2.24, 2.45) is 5.73 Å². The van der Waals surface area contributed by atoms with E-state index in [1.807, 2.05) is 0 Å². The summed E-state index contributed by atoms with van der Waals surface area (Å²) in [4.78, 5) is 10.6. The Bertz CT molecular complexity index is 209. The van der Waals surface area contributed by atoms with Crippen molar-refractivity contribution in [3.05, 3.63) is 0 Å². The fraction of sp³-hybridized carbons (Fsp3) is 0.833. The van der Waals surface area contributed by atoms with Gasteiger partial charge in [0.2, 0.25) is 5.91 Å². The van der Waals surface area contributed by atoms with Crippen molar-refractivity contribution in [3.8, 4) is 0 Å². The minimum Gasteiger partial charge on any atom is -0.387 e. The molecule has 0 aromatic carbocycles. The number of primary amides is 1. The molecule has 2 unspecified atom stereocenters. The van der Waals surface area contributed by atoms with Crippen LogP contribution in [-0.2, 0) is 9.53 Å². The van der Waals surface area contributed by atoms with Gasteiger partial charge in [0.25, 0.3) is 0 Å². The molecule has 6 N–H and O–H groups in total. The number of aliphatic hydroxyl groups excluding tert-OH is 4. The number of amides is 1. The minimum absolute atomic E-state index is 1.02. The van der Waals surface area contributed by atoms with E-state index in [-0.39, 0.29) is 0 Å². The summed E-state index contributed by atoms with van der Waals surface area (Å²) in [5.41, 5.74) is 4.80. The van der Waals surface area contributed by atoms with Crippen LogP contribution in [0.3, 0.4) is 0 Å². The zero-order valence-corrected chi connectivity index (χ0v) is 6.57. The van der Waals surface area contributed by atoms with E-state index in [1.165, 1.54) is 0 Å². The minimum atomic E-state index is -1.73. The number of rotatable bonds is 1. The van der Waals surface area contributed by atoms with Crippen molar-refractivity contribution in [1.82, 2.24) is 0 Å². The second-order valence-corrected chi connectivity index (χ2v) is 2.82. The Balaban J connectivity index is 2.76. The molecule has 7 heteroatoms. The fourth-order valence-corrected chi connectivity index (χ4v) is 1.10. The van der Waals surface area contributed by atoms with Gasteiger partial charge < -0.3 is 30.9 Å². The van der Waals surface area contributed by atoms with Crippen LogP contribution in [0.1, 0.15) is 0 Å². The van der Waals surface area contributed by atoms with E-state index in [4.69, 9.17) is 26.2 Å². The molecule has 7 nitrogen and oxygen atoms in total. The highest BCUT2D eigenvalue weighted by molar-refractivity contribution is 5.79. The standard InChI is InChI=1S/C6H11NO6/c7-5(11)4-2(9)1(8)3(10)6(12)13-4/h1-4,6,8-10,12H,(H2,7,11)/t1-,2-,3?,4?,6+/m0/s1. The molecule has 13 heavy (non-hydrogen) atoms. The molecule has 0 saturated carbocycles. The zero-order valence-electron chi connectivity index (χ0n) is 6.57. The maximum atomic E-state index is 10.6. The predicted molar refractivity (Wildman–Crippen MR) is 38.1 cm³/mol. The molecule has 0 aromatic rings. The highest BCUT2D eigenvalue weighted by Crippen LogP contribution is 2.19. The monoisotopic (exact) mass is 193 g/mol. The van der Waals surface area contributed by atoms with Crippen molar-refractivity contribution in [2.45, 2.75) is 30.7 Å². The van der Waals surface area contributed by atoms with Gasteiger partial charge in [-0.1, -0.05) is 0 Å². The third kappa shape index (κ3) is 1.79. The quantitative estimate of drug-likeness (QED) is 0.291. The maximum absolute atomic E-state index is 10.6. The molecule has 1 amide bonds. The SMILES string of the molecule is NC(=O)C1O[C@@H](O)C(O)[C@@H](O)[C@@H]1O. The smallest absolute Gasteiger partial charge is 0.249 e. The van der Waals surface area contributed by atoms with Gasteiger partial charge in [-0.2, -0.15) is 0 Å². The Morgan fingerprint density at radius 1 is 1.08 bits per heavy atom. The highest BCUT2D eigenvalue weighted by atomic mass is 16.6. The molecule has 1 heterocycles. The van der Waals surface area contributed by atoms with Gasteiger partial charge in [-0.25, -0.2) is 0 Å². The number of nitrogens with two attached hydrogens (primary N) is 1. The van der Waals surface area contributed by atoms with Gasteiger partial charge in [0.1, 0.15) is 18.3 Å². The van der Waals surface area contributed by atoms with Gasteiger partial charge in [-0.3, -0.25) is 4.79 Å². The Morgan fingerprint density at radius 2 is 1.62 bits per heavy atom. The summed E-state index contributed by atoms with van der Waals surface area (Å²) in [6.45, 7) is 0. The van der Waals surface area contributed by atoms with Crippen molar-refractivity contribution in [1.29, 1.82) is 0 Å². The number of hydrogen-bond donors (Lipinski definition) is 5. The van der Waals surface area contributed by atoms with Gasteiger partial charge in [0.05, 0.1) is 0 Å². The van der Waals surface area contributed by atoms with E-state index in [0.29, 0.717) is 0 Å². The molecular formula is C6H11NO6. The molecule has 0 radical (unpaired) electrons. The maximum Gasteiger partial charge on any atom is 0.249 e. The summed E-state index contributed by atoms with van der Waals surface area (Å²) >= 11 is 0. The summed E-state index contributed by atoms with van der Waals surface area (Å²) in [5.74, 6) is -1.02. The largest absolute Gasteiger partial charge is 0.387 e. The lowest BCUT2D eigenvalue weighted by Crippen LogP contribution is -2.60. The molecule has 76 valence electrons. The molecule has 1 fully saturated rings. The normalized spacial score (nSPS) is 46.0. The van der Waals surface area contributed by atoms with Crippen molar-refractivity contribution >= 4 is 5.91 Å².